The normalized spacial score (nSPS) is 11.2. The second-order valence-electron chi connectivity index (χ2n) is 4.25. The first-order chi connectivity index (χ1) is 9.76. The van der Waals surface area contributed by atoms with Gasteiger partial charge in [-0.2, -0.15) is 0 Å². The topological polar surface area (TPSA) is 27.7 Å². The third kappa shape index (κ3) is 3.72. The lowest BCUT2D eigenvalue weighted by atomic mass is 10.1. The number of halogens is 1. The summed E-state index contributed by atoms with van der Waals surface area (Å²) in [6.07, 6.45) is -0.330. The van der Waals surface area contributed by atoms with Crippen molar-refractivity contribution in [3.05, 3.63) is 40.9 Å². The Morgan fingerprint density at radius 3 is 2.40 bits per heavy atom. The predicted octanol–water partition coefficient (Wildman–Crippen LogP) is 4.38. The van der Waals surface area contributed by atoms with Gasteiger partial charge in [-0.15, -0.1) is 0 Å². The Balaban J connectivity index is 2.11. The van der Waals surface area contributed by atoms with Crippen LogP contribution in [0.5, 0.6) is 5.75 Å². The molecule has 0 fully saturated rings. The van der Waals surface area contributed by atoms with E-state index < -0.39 is 0 Å². The van der Waals surface area contributed by atoms with Gasteiger partial charge >= 0.3 is 0 Å². The molecule has 20 heavy (non-hydrogen) atoms. The second-order valence-corrected chi connectivity index (χ2v) is 5.04. The maximum atomic E-state index is 5.82. The van der Waals surface area contributed by atoms with Gasteiger partial charge in [0, 0.05) is 13.2 Å². The van der Waals surface area contributed by atoms with E-state index in [1.807, 2.05) is 38.1 Å². The largest absolute Gasteiger partial charge is 0.487 e. The summed E-state index contributed by atoms with van der Waals surface area (Å²) in [6.45, 7) is 5.47. The van der Waals surface area contributed by atoms with Crippen molar-refractivity contribution in [3.8, 4) is 5.75 Å². The van der Waals surface area contributed by atoms with Crippen molar-refractivity contribution in [2.24, 2.45) is 0 Å². The van der Waals surface area contributed by atoms with Crippen LogP contribution in [0.15, 0.2) is 40.9 Å². The number of ether oxygens (including phenoxy) is 3. The van der Waals surface area contributed by atoms with Crippen molar-refractivity contribution in [1.82, 2.24) is 0 Å². The molecule has 0 amide bonds. The van der Waals surface area contributed by atoms with E-state index in [0.717, 1.165) is 15.6 Å². The van der Waals surface area contributed by atoms with E-state index in [0.29, 0.717) is 19.8 Å². The minimum atomic E-state index is -0.330. The van der Waals surface area contributed by atoms with Crippen LogP contribution in [-0.2, 0) is 9.47 Å². The number of hydrogen-bond donors (Lipinski definition) is 0. The highest BCUT2D eigenvalue weighted by atomic mass is 79.9. The molecule has 0 spiro atoms. The van der Waals surface area contributed by atoms with E-state index in [2.05, 4.69) is 28.1 Å². The molecule has 4 heteroatoms. The summed E-state index contributed by atoms with van der Waals surface area (Å²) in [7, 11) is 0. The van der Waals surface area contributed by atoms with Gasteiger partial charge in [0.1, 0.15) is 12.4 Å². The Bertz CT molecular complexity index is 550. The zero-order valence-corrected chi connectivity index (χ0v) is 13.4. The molecule has 0 saturated carbocycles. The quantitative estimate of drug-likeness (QED) is 0.701. The summed E-state index contributed by atoms with van der Waals surface area (Å²) in [6, 6.07) is 12.2. The molecule has 0 atom stereocenters. The van der Waals surface area contributed by atoms with Crippen molar-refractivity contribution < 1.29 is 14.2 Å². The van der Waals surface area contributed by atoms with Crippen LogP contribution in [0.25, 0.3) is 10.8 Å². The number of benzene rings is 2. The molecule has 0 aliphatic rings. The fourth-order valence-corrected chi connectivity index (χ4v) is 2.61. The second kappa shape index (κ2) is 7.62. The maximum absolute atomic E-state index is 5.82. The number of hydrogen-bond acceptors (Lipinski definition) is 3. The van der Waals surface area contributed by atoms with Crippen molar-refractivity contribution in [3.63, 3.8) is 0 Å². The first kappa shape index (κ1) is 15.3. The van der Waals surface area contributed by atoms with Gasteiger partial charge in [0.25, 0.3) is 0 Å². The molecule has 0 bridgehead atoms. The highest BCUT2D eigenvalue weighted by Crippen LogP contribution is 2.33. The van der Waals surface area contributed by atoms with E-state index in [1.165, 1.54) is 5.39 Å². The fraction of sp³-hybridized carbons (Fsp3) is 0.375. The molecular formula is C16H19BrO3. The molecule has 0 heterocycles. The number of fused-ring (bicyclic) bond motifs is 1. The zero-order chi connectivity index (χ0) is 14.4. The van der Waals surface area contributed by atoms with Gasteiger partial charge in [-0.25, -0.2) is 0 Å². The number of rotatable bonds is 7. The lowest BCUT2D eigenvalue weighted by molar-refractivity contribution is -0.152. The average Bonchev–Trinajstić information content (AvgIpc) is 2.47. The van der Waals surface area contributed by atoms with E-state index in [9.17, 15) is 0 Å². The first-order valence-electron chi connectivity index (χ1n) is 6.79. The van der Waals surface area contributed by atoms with Gasteiger partial charge in [0.05, 0.1) is 4.47 Å². The van der Waals surface area contributed by atoms with Gasteiger partial charge in [0.15, 0.2) is 6.29 Å². The summed E-state index contributed by atoms with van der Waals surface area (Å²) in [5, 5.41) is 2.31. The average molecular weight is 339 g/mol. The van der Waals surface area contributed by atoms with Crippen LogP contribution in [0.3, 0.4) is 0 Å². The van der Waals surface area contributed by atoms with E-state index in [1.54, 1.807) is 0 Å². The Morgan fingerprint density at radius 2 is 1.70 bits per heavy atom. The Morgan fingerprint density at radius 1 is 1.00 bits per heavy atom. The molecule has 0 unspecified atom stereocenters. The molecule has 2 aromatic rings. The minimum absolute atomic E-state index is 0.330. The SMILES string of the molecule is CCOC(COc1ccc2ccccc2c1Br)OCC. The molecule has 0 aliphatic carbocycles. The molecule has 108 valence electrons. The summed E-state index contributed by atoms with van der Waals surface area (Å²) < 4.78 is 17.7. The third-order valence-corrected chi connectivity index (χ3v) is 3.73. The summed E-state index contributed by atoms with van der Waals surface area (Å²) in [5.74, 6) is 0.799. The zero-order valence-electron chi connectivity index (χ0n) is 11.8. The van der Waals surface area contributed by atoms with Crippen LogP contribution in [0.2, 0.25) is 0 Å². The monoisotopic (exact) mass is 338 g/mol. The van der Waals surface area contributed by atoms with Gasteiger partial charge < -0.3 is 14.2 Å². The van der Waals surface area contributed by atoms with E-state index >= 15 is 0 Å². The summed E-state index contributed by atoms with van der Waals surface area (Å²) >= 11 is 3.60. The molecule has 2 rings (SSSR count). The van der Waals surface area contributed by atoms with Gasteiger partial charge in [-0.3, -0.25) is 0 Å². The van der Waals surface area contributed by atoms with Crippen LogP contribution in [0.4, 0.5) is 0 Å². The summed E-state index contributed by atoms with van der Waals surface area (Å²) in [4.78, 5) is 0. The van der Waals surface area contributed by atoms with Crippen LogP contribution < -0.4 is 4.74 Å². The van der Waals surface area contributed by atoms with Crippen molar-refractivity contribution in [2.45, 2.75) is 20.1 Å². The smallest absolute Gasteiger partial charge is 0.191 e. The molecular weight excluding hydrogens is 320 g/mol. The Labute approximate surface area is 128 Å². The Kier molecular flexibility index (Phi) is 5.83. The lowest BCUT2D eigenvalue weighted by Gasteiger charge is -2.18. The van der Waals surface area contributed by atoms with Crippen LogP contribution in [0, 0.1) is 0 Å². The Hall–Kier alpha value is -1.10. The van der Waals surface area contributed by atoms with E-state index in [-0.39, 0.29) is 6.29 Å². The highest BCUT2D eigenvalue weighted by molar-refractivity contribution is 9.10. The van der Waals surface area contributed by atoms with Gasteiger partial charge in [-0.1, -0.05) is 30.3 Å². The van der Waals surface area contributed by atoms with Gasteiger partial charge in [0.2, 0.25) is 0 Å². The fourth-order valence-electron chi connectivity index (χ4n) is 2.00. The highest BCUT2D eigenvalue weighted by Gasteiger charge is 2.11. The third-order valence-electron chi connectivity index (χ3n) is 2.91. The first-order valence-corrected chi connectivity index (χ1v) is 7.58. The maximum Gasteiger partial charge on any atom is 0.191 e. The lowest BCUT2D eigenvalue weighted by Crippen LogP contribution is -2.25. The van der Waals surface area contributed by atoms with Crippen molar-refractivity contribution >= 4 is 26.7 Å². The molecule has 0 N–H and O–H groups in total. The van der Waals surface area contributed by atoms with Crippen LogP contribution in [-0.4, -0.2) is 26.1 Å². The molecule has 0 saturated heterocycles. The van der Waals surface area contributed by atoms with Crippen molar-refractivity contribution in [1.29, 1.82) is 0 Å². The minimum Gasteiger partial charge on any atom is -0.487 e. The van der Waals surface area contributed by atoms with Crippen molar-refractivity contribution in [2.75, 3.05) is 19.8 Å². The summed E-state index contributed by atoms with van der Waals surface area (Å²) in [5.41, 5.74) is 0. The van der Waals surface area contributed by atoms with Gasteiger partial charge in [-0.05, 0) is 46.6 Å². The van der Waals surface area contributed by atoms with Crippen LogP contribution in [0.1, 0.15) is 13.8 Å². The standard InChI is InChI=1S/C16H19BrO3/c1-3-18-15(19-4-2)11-20-14-10-9-12-7-5-6-8-13(12)16(14)17/h5-10,15H,3-4,11H2,1-2H3. The molecule has 3 nitrogen and oxygen atoms in total. The molecule has 0 radical (unpaired) electrons. The predicted molar refractivity (Wildman–Crippen MR) is 84.2 cm³/mol. The van der Waals surface area contributed by atoms with E-state index in [4.69, 9.17) is 14.2 Å². The molecule has 0 aromatic heterocycles. The molecule has 2 aromatic carbocycles. The van der Waals surface area contributed by atoms with Crippen LogP contribution >= 0.6 is 15.9 Å². The molecule has 0 aliphatic heterocycles.